The number of nitrogens with zero attached hydrogens (tertiary/aromatic N) is 1. The predicted molar refractivity (Wildman–Crippen MR) is 73.0 cm³/mol. The average Bonchev–Trinajstić information content (AvgIpc) is 2.30. The van der Waals surface area contributed by atoms with Crippen molar-refractivity contribution >= 4 is 21.6 Å². The fourth-order valence-electron chi connectivity index (χ4n) is 2.25. The van der Waals surface area contributed by atoms with E-state index in [9.17, 15) is 4.39 Å². The maximum atomic E-state index is 13.1. The molecule has 0 aromatic heterocycles. The molecule has 1 aliphatic heterocycles. The normalized spacial score (nSPS) is 25.1. The largest absolute Gasteiger partial charge is 0.365 e. The van der Waals surface area contributed by atoms with Crippen LogP contribution >= 0.6 is 15.9 Å². The van der Waals surface area contributed by atoms with Crippen LogP contribution in [0.4, 0.5) is 10.1 Å². The van der Waals surface area contributed by atoms with Gasteiger partial charge < -0.3 is 10.2 Å². The van der Waals surface area contributed by atoms with Gasteiger partial charge in [-0.3, -0.25) is 0 Å². The zero-order valence-electron chi connectivity index (χ0n) is 10.2. The van der Waals surface area contributed by atoms with E-state index in [0.717, 1.165) is 29.7 Å². The van der Waals surface area contributed by atoms with E-state index in [1.165, 1.54) is 12.1 Å². The first-order valence-electron chi connectivity index (χ1n) is 6.07. The van der Waals surface area contributed by atoms with Crippen LogP contribution in [0.5, 0.6) is 0 Å². The molecule has 1 aromatic carbocycles. The van der Waals surface area contributed by atoms with Gasteiger partial charge in [0.2, 0.25) is 0 Å². The van der Waals surface area contributed by atoms with E-state index >= 15 is 0 Å². The summed E-state index contributed by atoms with van der Waals surface area (Å²) in [5, 5.41) is 3.52. The van der Waals surface area contributed by atoms with Crippen molar-refractivity contribution in [2.75, 3.05) is 18.0 Å². The van der Waals surface area contributed by atoms with Crippen LogP contribution in [0.2, 0.25) is 0 Å². The van der Waals surface area contributed by atoms with Crippen molar-refractivity contribution in [1.29, 1.82) is 0 Å². The molecule has 94 valence electrons. The number of nitrogens with one attached hydrogen (secondary N) is 1. The van der Waals surface area contributed by atoms with Crippen LogP contribution in [0, 0.1) is 5.82 Å². The molecule has 17 heavy (non-hydrogen) atoms. The predicted octanol–water partition coefficient (Wildman–Crippen LogP) is 3.16. The standard InChI is InChI=1S/C13H18BrFN2/c1-3-11-8-17(9(2)7-16-11)13-5-4-10(15)6-12(13)14/h4-6,9,11,16H,3,7-8H2,1-2H3. The lowest BCUT2D eigenvalue weighted by Gasteiger charge is -2.40. The summed E-state index contributed by atoms with van der Waals surface area (Å²) in [6.45, 7) is 6.32. The van der Waals surface area contributed by atoms with E-state index in [2.05, 4.69) is 40.0 Å². The maximum Gasteiger partial charge on any atom is 0.124 e. The second kappa shape index (κ2) is 5.36. The molecule has 0 bridgehead atoms. The third-order valence-electron chi connectivity index (χ3n) is 3.36. The van der Waals surface area contributed by atoms with Gasteiger partial charge in [0.15, 0.2) is 0 Å². The average molecular weight is 301 g/mol. The molecule has 1 aromatic rings. The number of piperazine rings is 1. The van der Waals surface area contributed by atoms with Crippen molar-refractivity contribution in [3.8, 4) is 0 Å². The van der Waals surface area contributed by atoms with E-state index in [-0.39, 0.29) is 5.82 Å². The Morgan fingerprint density at radius 3 is 2.94 bits per heavy atom. The number of hydrogen-bond acceptors (Lipinski definition) is 2. The van der Waals surface area contributed by atoms with Crippen molar-refractivity contribution in [1.82, 2.24) is 5.32 Å². The first kappa shape index (κ1) is 12.8. The van der Waals surface area contributed by atoms with Gasteiger partial charge in [0.25, 0.3) is 0 Å². The highest BCUT2D eigenvalue weighted by Crippen LogP contribution is 2.29. The third-order valence-corrected chi connectivity index (χ3v) is 4.00. The van der Waals surface area contributed by atoms with Gasteiger partial charge in [0.05, 0.1) is 5.69 Å². The summed E-state index contributed by atoms with van der Waals surface area (Å²) in [4.78, 5) is 2.34. The lowest BCUT2D eigenvalue weighted by molar-refractivity contribution is 0.397. The van der Waals surface area contributed by atoms with Crippen molar-refractivity contribution in [3.63, 3.8) is 0 Å². The van der Waals surface area contributed by atoms with Crippen LogP contribution in [-0.4, -0.2) is 25.2 Å². The SMILES string of the molecule is CCC1CN(c2ccc(F)cc2Br)C(C)CN1. The van der Waals surface area contributed by atoms with Gasteiger partial charge in [-0.2, -0.15) is 0 Å². The van der Waals surface area contributed by atoms with Gasteiger partial charge in [-0.15, -0.1) is 0 Å². The molecule has 1 N–H and O–H groups in total. The summed E-state index contributed by atoms with van der Waals surface area (Å²) in [5.41, 5.74) is 1.08. The second-order valence-corrected chi connectivity index (χ2v) is 5.46. The second-order valence-electron chi connectivity index (χ2n) is 4.61. The number of rotatable bonds is 2. The van der Waals surface area contributed by atoms with Crippen LogP contribution < -0.4 is 10.2 Å². The Morgan fingerprint density at radius 2 is 2.29 bits per heavy atom. The van der Waals surface area contributed by atoms with E-state index in [0.29, 0.717) is 12.1 Å². The summed E-state index contributed by atoms with van der Waals surface area (Å²) >= 11 is 3.45. The third kappa shape index (κ3) is 2.80. The van der Waals surface area contributed by atoms with Crippen LogP contribution in [0.25, 0.3) is 0 Å². The summed E-state index contributed by atoms with van der Waals surface area (Å²) < 4.78 is 13.9. The first-order chi connectivity index (χ1) is 8.11. The van der Waals surface area contributed by atoms with E-state index < -0.39 is 0 Å². The van der Waals surface area contributed by atoms with E-state index in [1.807, 2.05) is 6.07 Å². The molecule has 1 aliphatic rings. The molecule has 0 saturated carbocycles. The zero-order valence-corrected chi connectivity index (χ0v) is 11.8. The Balaban J connectivity index is 2.24. The molecule has 2 atom stereocenters. The van der Waals surface area contributed by atoms with Crippen molar-refractivity contribution in [3.05, 3.63) is 28.5 Å². The number of hydrogen-bond donors (Lipinski definition) is 1. The highest BCUT2D eigenvalue weighted by atomic mass is 79.9. The minimum atomic E-state index is -0.199. The lowest BCUT2D eigenvalue weighted by atomic mass is 10.1. The molecule has 2 nitrogen and oxygen atoms in total. The number of anilines is 1. The van der Waals surface area contributed by atoms with Crippen LogP contribution in [-0.2, 0) is 0 Å². The van der Waals surface area contributed by atoms with Crippen molar-refractivity contribution < 1.29 is 4.39 Å². The van der Waals surface area contributed by atoms with Crippen molar-refractivity contribution in [2.24, 2.45) is 0 Å². The monoisotopic (exact) mass is 300 g/mol. The minimum Gasteiger partial charge on any atom is -0.365 e. The fourth-order valence-corrected chi connectivity index (χ4v) is 2.83. The summed E-state index contributed by atoms with van der Waals surface area (Å²) in [6.07, 6.45) is 1.11. The lowest BCUT2D eigenvalue weighted by Crippen LogP contribution is -2.55. The summed E-state index contributed by atoms with van der Waals surface area (Å²) in [6, 6.07) is 5.86. The van der Waals surface area contributed by atoms with E-state index in [1.54, 1.807) is 0 Å². The molecule has 4 heteroatoms. The molecule has 0 spiro atoms. The Hall–Kier alpha value is -0.610. The Labute approximate surface area is 110 Å². The van der Waals surface area contributed by atoms with Crippen molar-refractivity contribution in [2.45, 2.75) is 32.4 Å². The first-order valence-corrected chi connectivity index (χ1v) is 6.86. The molecule has 0 aliphatic carbocycles. The van der Waals surface area contributed by atoms with Gasteiger partial charge in [0, 0.05) is 29.6 Å². The molecular formula is C13H18BrFN2. The Kier molecular flexibility index (Phi) is 4.05. The van der Waals surface area contributed by atoms with Gasteiger partial charge in [-0.1, -0.05) is 6.92 Å². The molecule has 0 amide bonds. The highest BCUT2D eigenvalue weighted by molar-refractivity contribution is 9.10. The van der Waals surface area contributed by atoms with Crippen LogP contribution in [0.1, 0.15) is 20.3 Å². The molecule has 1 fully saturated rings. The molecular weight excluding hydrogens is 283 g/mol. The Morgan fingerprint density at radius 1 is 1.53 bits per heavy atom. The highest BCUT2D eigenvalue weighted by Gasteiger charge is 2.25. The van der Waals surface area contributed by atoms with Gasteiger partial charge in [-0.25, -0.2) is 4.39 Å². The number of halogens is 2. The van der Waals surface area contributed by atoms with Gasteiger partial charge >= 0.3 is 0 Å². The van der Waals surface area contributed by atoms with Crippen LogP contribution in [0.15, 0.2) is 22.7 Å². The topological polar surface area (TPSA) is 15.3 Å². The molecule has 0 radical (unpaired) electrons. The summed E-state index contributed by atoms with van der Waals surface area (Å²) in [5.74, 6) is -0.199. The quantitative estimate of drug-likeness (QED) is 0.902. The Bertz CT molecular complexity index is 397. The van der Waals surface area contributed by atoms with Gasteiger partial charge in [0.1, 0.15) is 5.82 Å². The molecule has 2 rings (SSSR count). The van der Waals surface area contributed by atoms with E-state index in [4.69, 9.17) is 0 Å². The zero-order chi connectivity index (χ0) is 12.4. The molecule has 2 unspecified atom stereocenters. The summed E-state index contributed by atoms with van der Waals surface area (Å²) in [7, 11) is 0. The smallest absolute Gasteiger partial charge is 0.124 e. The minimum absolute atomic E-state index is 0.199. The molecule has 1 saturated heterocycles. The fraction of sp³-hybridized carbons (Fsp3) is 0.538. The van der Waals surface area contributed by atoms with Crippen LogP contribution in [0.3, 0.4) is 0 Å². The number of benzene rings is 1. The van der Waals surface area contributed by atoms with Gasteiger partial charge in [-0.05, 0) is 47.5 Å². The molecule has 1 heterocycles. The maximum absolute atomic E-state index is 13.1.